The molecule has 1 N–H and O–H groups in total. The SMILES string of the molecule is O=C(O)c1cccc(C(=O)N2CCCCCC2c2ccncc2)c1. The normalized spacial score (nSPS) is 18.0. The standard InChI is InChI=1S/C19H20N2O3/c22-18(15-5-4-6-16(13-15)19(23)24)21-12-3-1-2-7-17(21)14-8-10-20-11-9-14/h4-6,8-11,13,17H,1-3,7,12H2,(H,23,24). The molecule has 3 rings (SSSR count). The average Bonchev–Trinajstić information content (AvgIpc) is 2.88. The van der Waals surface area contributed by atoms with E-state index in [1.165, 1.54) is 12.1 Å². The van der Waals surface area contributed by atoms with Gasteiger partial charge in [-0.1, -0.05) is 18.9 Å². The third kappa shape index (κ3) is 3.45. The van der Waals surface area contributed by atoms with E-state index in [1.807, 2.05) is 17.0 Å². The molecule has 1 aliphatic heterocycles. The van der Waals surface area contributed by atoms with Crippen LogP contribution in [-0.4, -0.2) is 33.4 Å². The van der Waals surface area contributed by atoms with E-state index in [1.54, 1.807) is 24.5 Å². The Bertz CT molecular complexity index is 730. The molecule has 1 aliphatic rings. The maximum Gasteiger partial charge on any atom is 0.335 e. The molecule has 124 valence electrons. The van der Waals surface area contributed by atoms with Gasteiger partial charge in [0.1, 0.15) is 0 Å². The summed E-state index contributed by atoms with van der Waals surface area (Å²) in [4.78, 5) is 30.1. The van der Waals surface area contributed by atoms with Crippen LogP contribution in [0.3, 0.4) is 0 Å². The molecule has 0 radical (unpaired) electrons. The maximum absolute atomic E-state index is 13.0. The van der Waals surface area contributed by atoms with E-state index >= 15 is 0 Å². The molecule has 1 aromatic heterocycles. The number of likely N-dealkylation sites (tertiary alicyclic amines) is 1. The molecule has 0 saturated carbocycles. The van der Waals surface area contributed by atoms with Crippen LogP contribution in [0.2, 0.25) is 0 Å². The fraction of sp³-hybridized carbons (Fsp3) is 0.316. The van der Waals surface area contributed by atoms with Gasteiger partial charge in [0.15, 0.2) is 0 Å². The number of benzene rings is 1. The lowest BCUT2D eigenvalue weighted by atomic mass is 10.0. The highest BCUT2D eigenvalue weighted by Crippen LogP contribution is 2.31. The zero-order valence-corrected chi connectivity index (χ0v) is 13.4. The van der Waals surface area contributed by atoms with E-state index < -0.39 is 5.97 Å². The molecule has 24 heavy (non-hydrogen) atoms. The molecule has 1 atom stereocenters. The number of pyridine rings is 1. The predicted octanol–water partition coefficient (Wildman–Crippen LogP) is 3.54. The number of carboxylic acids is 1. The van der Waals surface area contributed by atoms with Crippen molar-refractivity contribution >= 4 is 11.9 Å². The number of aromatic nitrogens is 1. The number of carbonyl (C=O) groups excluding carboxylic acids is 1. The lowest BCUT2D eigenvalue weighted by molar-refractivity contribution is 0.0681. The molecule has 0 bridgehead atoms. The van der Waals surface area contributed by atoms with Crippen LogP contribution in [-0.2, 0) is 0 Å². The molecule has 2 heterocycles. The third-order valence-corrected chi connectivity index (χ3v) is 4.46. The van der Waals surface area contributed by atoms with E-state index in [0.29, 0.717) is 12.1 Å². The molecular formula is C19H20N2O3. The van der Waals surface area contributed by atoms with Gasteiger partial charge in [0, 0.05) is 24.5 Å². The molecule has 5 nitrogen and oxygen atoms in total. The van der Waals surface area contributed by atoms with Crippen LogP contribution in [0.25, 0.3) is 0 Å². The molecule has 0 aliphatic carbocycles. The van der Waals surface area contributed by atoms with Gasteiger partial charge >= 0.3 is 5.97 Å². The van der Waals surface area contributed by atoms with Crippen LogP contribution < -0.4 is 0 Å². The number of rotatable bonds is 3. The van der Waals surface area contributed by atoms with Crippen molar-refractivity contribution in [1.82, 2.24) is 9.88 Å². The van der Waals surface area contributed by atoms with Crippen molar-refractivity contribution in [3.05, 3.63) is 65.5 Å². The summed E-state index contributed by atoms with van der Waals surface area (Å²) in [5.41, 5.74) is 1.64. The summed E-state index contributed by atoms with van der Waals surface area (Å²) < 4.78 is 0. The minimum Gasteiger partial charge on any atom is -0.478 e. The Morgan fingerprint density at radius 1 is 1.04 bits per heavy atom. The highest BCUT2D eigenvalue weighted by molar-refractivity contribution is 5.97. The molecule has 1 aromatic carbocycles. The summed E-state index contributed by atoms with van der Waals surface area (Å²) in [6, 6.07) is 10.2. The van der Waals surface area contributed by atoms with Crippen molar-refractivity contribution in [2.45, 2.75) is 31.7 Å². The van der Waals surface area contributed by atoms with Gasteiger partial charge < -0.3 is 10.0 Å². The van der Waals surface area contributed by atoms with Crippen molar-refractivity contribution in [1.29, 1.82) is 0 Å². The van der Waals surface area contributed by atoms with Crippen LogP contribution in [0.5, 0.6) is 0 Å². The zero-order chi connectivity index (χ0) is 16.9. The molecule has 0 spiro atoms. The first-order chi connectivity index (χ1) is 11.7. The number of carbonyl (C=O) groups is 2. The summed E-state index contributed by atoms with van der Waals surface area (Å²) in [7, 11) is 0. The van der Waals surface area contributed by atoms with Crippen LogP contribution in [0.15, 0.2) is 48.8 Å². The van der Waals surface area contributed by atoms with Gasteiger partial charge in [-0.3, -0.25) is 9.78 Å². The minimum atomic E-state index is -1.02. The summed E-state index contributed by atoms with van der Waals surface area (Å²) >= 11 is 0. The number of hydrogen-bond acceptors (Lipinski definition) is 3. The summed E-state index contributed by atoms with van der Waals surface area (Å²) in [5, 5.41) is 9.14. The first-order valence-electron chi connectivity index (χ1n) is 8.21. The number of carboxylic acid groups (broad SMARTS) is 1. The van der Waals surface area contributed by atoms with Gasteiger partial charge in [0.05, 0.1) is 11.6 Å². The Kier molecular flexibility index (Phi) is 4.89. The first-order valence-corrected chi connectivity index (χ1v) is 8.21. The topological polar surface area (TPSA) is 70.5 Å². The van der Waals surface area contributed by atoms with Crippen molar-refractivity contribution in [2.24, 2.45) is 0 Å². The Balaban J connectivity index is 1.93. The fourth-order valence-corrected chi connectivity index (χ4v) is 3.23. The van der Waals surface area contributed by atoms with Gasteiger partial charge in [0.25, 0.3) is 5.91 Å². The second kappa shape index (κ2) is 7.25. The minimum absolute atomic E-state index is 0.0106. The van der Waals surface area contributed by atoms with Crippen molar-refractivity contribution in [3.63, 3.8) is 0 Å². The van der Waals surface area contributed by atoms with Crippen LogP contribution >= 0.6 is 0 Å². The molecule has 2 aromatic rings. The number of amides is 1. The lowest BCUT2D eigenvalue weighted by Gasteiger charge is -2.30. The van der Waals surface area contributed by atoms with Crippen molar-refractivity contribution < 1.29 is 14.7 Å². The predicted molar refractivity (Wildman–Crippen MR) is 89.9 cm³/mol. The highest BCUT2D eigenvalue weighted by atomic mass is 16.4. The Morgan fingerprint density at radius 3 is 2.54 bits per heavy atom. The lowest BCUT2D eigenvalue weighted by Crippen LogP contribution is -2.35. The first kappa shape index (κ1) is 16.2. The van der Waals surface area contributed by atoms with E-state index in [2.05, 4.69) is 4.98 Å². The van der Waals surface area contributed by atoms with E-state index in [0.717, 1.165) is 31.2 Å². The Labute approximate surface area is 140 Å². The second-order valence-corrected chi connectivity index (χ2v) is 6.03. The van der Waals surface area contributed by atoms with Crippen molar-refractivity contribution in [2.75, 3.05) is 6.54 Å². The van der Waals surface area contributed by atoms with Crippen LogP contribution in [0.4, 0.5) is 0 Å². The van der Waals surface area contributed by atoms with E-state index in [-0.39, 0.29) is 17.5 Å². The Morgan fingerprint density at radius 2 is 1.79 bits per heavy atom. The second-order valence-electron chi connectivity index (χ2n) is 6.03. The number of aromatic carboxylic acids is 1. The van der Waals surface area contributed by atoms with Gasteiger partial charge in [-0.2, -0.15) is 0 Å². The highest BCUT2D eigenvalue weighted by Gasteiger charge is 2.27. The van der Waals surface area contributed by atoms with E-state index in [4.69, 9.17) is 5.11 Å². The number of nitrogens with zero attached hydrogens (tertiary/aromatic N) is 2. The molecular weight excluding hydrogens is 304 g/mol. The van der Waals surface area contributed by atoms with Crippen LogP contribution in [0.1, 0.15) is 58.0 Å². The molecule has 1 unspecified atom stereocenters. The molecule has 1 amide bonds. The molecule has 1 fully saturated rings. The molecule has 1 saturated heterocycles. The summed E-state index contributed by atoms with van der Waals surface area (Å²) in [6.07, 6.45) is 7.54. The number of hydrogen-bond donors (Lipinski definition) is 1. The quantitative estimate of drug-likeness (QED) is 0.937. The van der Waals surface area contributed by atoms with Gasteiger partial charge in [-0.15, -0.1) is 0 Å². The largest absolute Gasteiger partial charge is 0.478 e. The Hall–Kier alpha value is -2.69. The summed E-state index contributed by atoms with van der Waals surface area (Å²) in [5.74, 6) is -1.13. The summed E-state index contributed by atoms with van der Waals surface area (Å²) in [6.45, 7) is 0.684. The third-order valence-electron chi connectivity index (χ3n) is 4.46. The average molecular weight is 324 g/mol. The van der Waals surface area contributed by atoms with Crippen molar-refractivity contribution in [3.8, 4) is 0 Å². The van der Waals surface area contributed by atoms with E-state index in [9.17, 15) is 9.59 Å². The fourth-order valence-electron chi connectivity index (χ4n) is 3.23. The molecule has 5 heteroatoms. The van der Waals surface area contributed by atoms with Gasteiger partial charge in [-0.25, -0.2) is 4.79 Å². The smallest absolute Gasteiger partial charge is 0.335 e. The monoisotopic (exact) mass is 324 g/mol. The van der Waals surface area contributed by atoms with Crippen LogP contribution in [0, 0.1) is 0 Å². The van der Waals surface area contributed by atoms with Gasteiger partial charge in [0.2, 0.25) is 0 Å². The van der Waals surface area contributed by atoms with Gasteiger partial charge in [-0.05, 0) is 48.7 Å². The zero-order valence-electron chi connectivity index (χ0n) is 13.4. The maximum atomic E-state index is 13.0.